The fourth-order valence-electron chi connectivity index (χ4n) is 2.50. The number of hydrogen-bond donors (Lipinski definition) is 1. The fourth-order valence-corrected chi connectivity index (χ4v) is 2.50. The van der Waals surface area contributed by atoms with Gasteiger partial charge in [0, 0.05) is 11.5 Å². The lowest BCUT2D eigenvalue weighted by molar-refractivity contribution is 0.398. The summed E-state index contributed by atoms with van der Waals surface area (Å²) in [6, 6.07) is 0. The van der Waals surface area contributed by atoms with Crippen LogP contribution in [0.4, 0.5) is 0 Å². The van der Waals surface area contributed by atoms with Crippen LogP contribution in [0.5, 0.6) is 0 Å². The van der Waals surface area contributed by atoms with E-state index in [-0.39, 0.29) is 5.56 Å². The summed E-state index contributed by atoms with van der Waals surface area (Å²) in [7, 11) is 0. The Bertz CT molecular complexity index is 432. The highest BCUT2D eigenvalue weighted by Crippen LogP contribution is 2.34. The number of aromatic amines is 1. The molecule has 0 atom stereocenters. The molecule has 1 fully saturated rings. The minimum absolute atomic E-state index is 0.126. The molecule has 15 heavy (non-hydrogen) atoms. The van der Waals surface area contributed by atoms with Crippen LogP contribution < -0.4 is 5.56 Å². The quantitative estimate of drug-likeness (QED) is 0.759. The van der Waals surface area contributed by atoms with Gasteiger partial charge in [-0.1, -0.05) is 6.42 Å². The molecule has 1 heterocycles. The topological polar surface area (TPSA) is 45.8 Å². The molecule has 0 aliphatic heterocycles. The van der Waals surface area contributed by atoms with E-state index in [4.69, 9.17) is 0 Å². The summed E-state index contributed by atoms with van der Waals surface area (Å²) in [5, 5.41) is 0. The number of nitrogens with one attached hydrogen (secondary N) is 1. The third-order valence-electron chi connectivity index (χ3n) is 3.70. The number of aromatic nitrogens is 2. The molecule has 0 radical (unpaired) electrons. The van der Waals surface area contributed by atoms with Crippen LogP contribution in [0, 0.1) is 0 Å². The third kappa shape index (κ3) is 1.50. The molecule has 2 aliphatic carbocycles. The van der Waals surface area contributed by atoms with Crippen LogP contribution in [-0.4, -0.2) is 9.97 Å². The predicted octanol–water partition coefficient (Wildman–Crippen LogP) is 1.92. The van der Waals surface area contributed by atoms with Crippen molar-refractivity contribution in [2.75, 3.05) is 0 Å². The summed E-state index contributed by atoms with van der Waals surface area (Å²) < 4.78 is 0. The van der Waals surface area contributed by atoms with Gasteiger partial charge in [-0.3, -0.25) is 4.79 Å². The van der Waals surface area contributed by atoms with Crippen molar-refractivity contribution in [1.82, 2.24) is 9.97 Å². The van der Waals surface area contributed by atoms with Crippen molar-refractivity contribution in [3.63, 3.8) is 0 Å². The lowest BCUT2D eigenvalue weighted by Crippen LogP contribution is -2.25. The fraction of sp³-hybridized carbons (Fsp3) is 0.667. The van der Waals surface area contributed by atoms with Gasteiger partial charge in [0.1, 0.15) is 5.82 Å². The molecule has 1 N–H and O–H groups in total. The van der Waals surface area contributed by atoms with Gasteiger partial charge < -0.3 is 4.98 Å². The van der Waals surface area contributed by atoms with Gasteiger partial charge in [-0.25, -0.2) is 4.98 Å². The zero-order valence-corrected chi connectivity index (χ0v) is 8.88. The van der Waals surface area contributed by atoms with E-state index < -0.39 is 0 Å². The van der Waals surface area contributed by atoms with Crippen molar-refractivity contribution in [2.45, 2.75) is 50.9 Å². The van der Waals surface area contributed by atoms with Crippen molar-refractivity contribution in [3.8, 4) is 0 Å². The van der Waals surface area contributed by atoms with Crippen LogP contribution >= 0.6 is 0 Å². The highest BCUT2D eigenvalue weighted by atomic mass is 16.1. The second-order valence-electron chi connectivity index (χ2n) is 4.71. The summed E-state index contributed by atoms with van der Waals surface area (Å²) in [6.45, 7) is 0. The molecule has 0 spiro atoms. The molecular formula is C12H16N2O. The molecule has 2 aliphatic rings. The van der Waals surface area contributed by atoms with E-state index >= 15 is 0 Å². The molecule has 3 nitrogen and oxygen atoms in total. The van der Waals surface area contributed by atoms with E-state index in [1.54, 1.807) is 0 Å². The van der Waals surface area contributed by atoms with Crippen LogP contribution in [0.2, 0.25) is 0 Å². The Hall–Kier alpha value is -1.12. The maximum atomic E-state index is 11.8. The first-order chi connectivity index (χ1) is 7.34. The van der Waals surface area contributed by atoms with Crippen LogP contribution in [0.25, 0.3) is 0 Å². The lowest BCUT2D eigenvalue weighted by Gasteiger charge is -2.25. The number of H-pyrrole nitrogens is 1. The normalized spacial score (nSPS) is 20.8. The first-order valence-electron chi connectivity index (χ1n) is 5.96. The highest BCUT2D eigenvalue weighted by molar-refractivity contribution is 5.22. The molecule has 0 bridgehead atoms. The zero-order valence-electron chi connectivity index (χ0n) is 8.88. The Balaban J connectivity index is 2.04. The Labute approximate surface area is 88.9 Å². The summed E-state index contributed by atoms with van der Waals surface area (Å²) in [6.07, 6.45) is 7.92. The Morgan fingerprint density at radius 1 is 1.13 bits per heavy atom. The van der Waals surface area contributed by atoms with Crippen molar-refractivity contribution in [1.29, 1.82) is 0 Å². The number of nitrogens with zero attached hydrogens (tertiary/aromatic N) is 1. The van der Waals surface area contributed by atoms with E-state index in [1.165, 1.54) is 25.7 Å². The van der Waals surface area contributed by atoms with E-state index in [2.05, 4.69) is 9.97 Å². The number of fused-ring (bicyclic) bond motifs is 1. The second kappa shape index (κ2) is 3.47. The minimum Gasteiger partial charge on any atom is -0.310 e. The van der Waals surface area contributed by atoms with Gasteiger partial charge in [-0.05, 0) is 38.5 Å². The van der Waals surface area contributed by atoms with Crippen molar-refractivity contribution in [2.24, 2.45) is 0 Å². The molecule has 1 saturated carbocycles. The van der Waals surface area contributed by atoms with Crippen LogP contribution in [-0.2, 0) is 12.8 Å². The highest BCUT2D eigenvalue weighted by Gasteiger charge is 2.24. The van der Waals surface area contributed by atoms with E-state index in [1.807, 2.05) is 0 Å². The molecule has 3 heteroatoms. The molecule has 0 amide bonds. The van der Waals surface area contributed by atoms with Gasteiger partial charge >= 0.3 is 0 Å². The van der Waals surface area contributed by atoms with Gasteiger partial charge in [-0.15, -0.1) is 0 Å². The number of aryl methyl sites for hydroxylation is 1. The number of hydrogen-bond acceptors (Lipinski definition) is 2. The Morgan fingerprint density at radius 3 is 2.67 bits per heavy atom. The first-order valence-corrected chi connectivity index (χ1v) is 5.96. The SMILES string of the molecule is O=c1[nH]c(C2CCC2)nc2c1CCCC2. The van der Waals surface area contributed by atoms with E-state index in [0.717, 1.165) is 36.3 Å². The maximum Gasteiger partial charge on any atom is 0.254 e. The lowest BCUT2D eigenvalue weighted by atomic mass is 9.84. The van der Waals surface area contributed by atoms with Gasteiger partial charge in [0.25, 0.3) is 5.56 Å². The Morgan fingerprint density at radius 2 is 1.93 bits per heavy atom. The Kier molecular flexibility index (Phi) is 2.11. The van der Waals surface area contributed by atoms with Gasteiger partial charge in [0.2, 0.25) is 0 Å². The van der Waals surface area contributed by atoms with E-state index in [9.17, 15) is 4.79 Å². The molecule has 0 aromatic carbocycles. The van der Waals surface area contributed by atoms with Crippen molar-refractivity contribution in [3.05, 3.63) is 27.4 Å². The second-order valence-corrected chi connectivity index (χ2v) is 4.71. The summed E-state index contributed by atoms with van der Waals surface area (Å²) in [5.74, 6) is 1.48. The molecule has 1 aromatic rings. The standard InChI is InChI=1S/C12H16N2O/c15-12-9-6-1-2-7-10(9)13-11(14-12)8-4-3-5-8/h8H,1-7H2,(H,13,14,15). The van der Waals surface area contributed by atoms with Crippen molar-refractivity contribution >= 4 is 0 Å². The predicted molar refractivity (Wildman–Crippen MR) is 58.1 cm³/mol. The summed E-state index contributed by atoms with van der Waals surface area (Å²) in [4.78, 5) is 19.4. The number of rotatable bonds is 1. The van der Waals surface area contributed by atoms with Gasteiger partial charge in [0.15, 0.2) is 0 Å². The first kappa shape index (κ1) is 9.13. The summed E-state index contributed by atoms with van der Waals surface area (Å²) >= 11 is 0. The monoisotopic (exact) mass is 204 g/mol. The molecule has 3 rings (SSSR count). The van der Waals surface area contributed by atoms with Gasteiger partial charge in [0.05, 0.1) is 5.69 Å². The van der Waals surface area contributed by atoms with E-state index in [0.29, 0.717) is 5.92 Å². The van der Waals surface area contributed by atoms with Crippen LogP contribution in [0.1, 0.15) is 55.1 Å². The molecule has 0 unspecified atom stereocenters. The van der Waals surface area contributed by atoms with Crippen LogP contribution in [0.15, 0.2) is 4.79 Å². The smallest absolute Gasteiger partial charge is 0.254 e. The average molecular weight is 204 g/mol. The largest absolute Gasteiger partial charge is 0.310 e. The van der Waals surface area contributed by atoms with Crippen LogP contribution in [0.3, 0.4) is 0 Å². The third-order valence-corrected chi connectivity index (χ3v) is 3.70. The zero-order chi connectivity index (χ0) is 10.3. The summed E-state index contributed by atoms with van der Waals surface area (Å²) in [5.41, 5.74) is 2.15. The minimum atomic E-state index is 0.126. The molecule has 1 aromatic heterocycles. The average Bonchev–Trinajstić information content (AvgIpc) is 2.15. The van der Waals surface area contributed by atoms with Crippen molar-refractivity contribution < 1.29 is 0 Å². The van der Waals surface area contributed by atoms with Gasteiger partial charge in [-0.2, -0.15) is 0 Å². The maximum absolute atomic E-state index is 11.8. The molecule has 80 valence electrons. The molecule has 0 saturated heterocycles. The molecular weight excluding hydrogens is 188 g/mol.